The summed E-state index contributed by atoms with van der Waals surface area (Å²) >= 11 is 0. The molecule has 1 unspecified atom stereocenters. The van der Waals surface area contributed by atoms with Crippen LogP contribution in [0.4, 0.5) is 0 Å². The van der Waals surface area contributed by atoms with Crippen molar-refractivity contribution < 1.29 is 14.6 Å². The predicted octanol–water partition coefficient (Wildman–Crippen LogP) is 6.68. The average Bonchev–Trinajstić information content (AvgIpc) is 2.78. The zero-order valence-corrected chi connectivity index (χ0v) is 20.1. The van der Waals surface area contributed by atoms with Gasteiger partial charge in [-0.25, -0.2) is 0 Å². The van der Waals surface area contributed by atoms with Crippen molar-refractivity contribution in [1.82, 2.24) is 4.90 Å². The van der Waals surface area contributed by atoms with Gasteiger partial charge in [0.1, 0.15) is 5.75 Å². The third-order valence-electron chi connectivity index (χ3n) is 7.95. The monoisotopic (exact) mass is 437 g/mol. The predicted molar refractivity (Wildman–Crippen MR) is 130 cm³/mol. The molecule has 0 aromatic heterocycles. The number of hydrogen-bond acceptors (Lipinski definition) is 3. The van der Waals surface area contributed by atoms with Crippen LogP contribution in [0.2, 0.25) is 0 Å². The second-order valence-electron chi connectivity index (χ2n) is 11.1. The zero-order valence-electron chi connectivity index (χ0n) is 20.1. The minimum atomic E-state index is -0.650. The minimum Gasteiger partial charge on any atom is -0.490 e. The van der Waals surface area contributed by atoms with Crippen LogP contribution in [0.1, 0.15) is 77.8 Å². The van der Waals surface area contributed by atoms with Crippen LogP contribution < -0.4 is 4.74 Å². The molecule has 1 aliphatic carbocycles. The van der Waals surface area contributed by atoms with Crippen molar-refractivity contribution in [1.29, 1.82) is 0 Å². The Morgan fingerprint density at radius 2 is 1.59 bits per heavy atom. The van der Waals surface area contributed by atoms with Gasteiger partial charge < -0.3 is 9.84 Å². The molecular weight excluding hydrogens is 398 g/mol. The van der Waals surface area contributed by atoms with Gasteiger partial charge in [0, 0.05) is 6.04 Å². The van der Waals surface area contributed by atoms with Crippen molar-refractivity contribution in [2.24, 2.45) is 17.3 Å². The summed E-state index contributed by atoms with van der Waals surface area (Å²) in [6.07, 6.45) is 6.62. The number of carboxylic acid groups (broad SMARTS) is 1. The first kappa shape index (κ1) is 23.1. The Labute approximate surface area is 192 Å². The molecule has 1 saturated heterocycles. The fraction of sp³-hybridized carbons (Fsp3) is 0.607. The molecule has 1 saturated carbocycles. The fourth-order valence-electron chi connectivity index (χ4n) is 5.56. The maximum Gasteiger partial charge on any atom is 0.306 e. The Bertz CT molecular complexity index is 931. The van der Waals surface area contributed by atoms with Gasteiger partial charge in [-0.15, -0.1) is 0 Å². The fourth-order valence-corrected chi connectivity index (χ4v) is 5.56. The van der Waals surface area contributed by atoms with Crippen LogP contribution in [0.3, 0.4) is 0 Å². The van der Waals surface area contributed by atoms with E-state index in [1.165, 1.54) is 29.2 Å². The molecule has 0 radical (unpaired) electrons. The zero-order chi connectivity index (χ0) is 22.9. The third-order valence-corrected chi connectivity index (χ3v) is 7.95. The lowest BCUT2D eigenvalue weighted by atomic mass is 9.72. The molecule has 174 valence electrons. The second-order valence-corrected chi connectivity index (χ2v) is 11.1. The molecule has 2 fully saturated rings. The highest BCUT2D eigenvalue weighted by atomic mass is 16.5. The van der Waals surface area contributed by atoms with E-state index in [9.17, 15) is 9.90 Å². The number of carbonyl (C=O) groups is 1. The van der Waals surface area contributed by atoms with Crippen LogP contribution in [0, 0.1) is 17.3 Å². The maximum absolute atomic E-state index is 11.2. The quantitative estimate of drug-likeness (QED) is 0.567. The van der Waals surface area contributed by atoms with Gasteiger partial charge in [-0.2, -0.15) is 0 Å². The molecule has 0 amide bonds. The van der Waals surface area contributed by atoms with Crippen molar-refractivity contribution >= 4 is 16.7 Å². The molecule has 1 atom stereocenters. The van der Waals surface area contributed by atoms with Gasteiger partial charge in [-0.3, -0.25) is 9.69 Å². The van der Waals surface area contributed by atoms with Gasteiger partial charge in [-0.1, -0.05) is 39.0 Å². The van der Waals surface area contributed by atoms with Crippen molar-refractivity contribution in [3.63, 3.8) is 0 Å². The molecule has 0 bridgehead atoms. The summed E-state index contributed by atoms with van der Waals surface area (Å²) in [6.45, 7) is 11.0. The topological polar surface area (TPSA) is 49.8 Å². The van der Waals surface area contributed by atoms with Crippen LogP contribution >= 0.6 is 0 Å². The Morgan fingerprint density at radius 1 is 0.969 bits per heavy atom. The number of fused-ring (bicyclic) bond motifs is 1. The summed E-state index contributed by atoms with van der Waals surface area (Å²) in [5, 5.41) is 11.7. The van der Waals surface area contributed by atoms with E-state index >= 15 is 0 Å². The number of hydrogen-bond donors (Lipinski definition) is 1. The first-order valence-electron chi connectivity index (χ1n) is 12.4. The van der Waals surface area contributed by atoms with Gasteiger partial charge >= 0.3 is 5.97 Å². The molecule has 0 spiro atoms. The van der Waals surface area contributed by atoms with Crippen molar-refractivity contribution in [3.05, 3.63) is 42.0 Å². The molecule has 4 nitrogen and oxygen atoms in total. The number of piperidine rings is 1. The van der Waals surface area contributed by atoms with Crippen molar-refractivity contribution in [2.75, 3.05) is 13.1 Å². The molecule has 2 aliphatic rings. The lowest BCUT2D eigenvalue weighted by molar-refractivity contribution is -0.143. The number of ether oxygens (including phenoxy) is 1. The Balaban J connectivity index is 1.38. The lowest BCUT2D eigenvalue weighted by Gasteiger charge is -2.37. The number of benzene rings is 2. The molecule has 1 heterocycles. The summed E-state index contributed by atoms with van der Waals surface area (Å²) in [7, 11) is 0. The Kier molecular flexibility index (Phi) is 6.80. The van der Waals surface area contributed by atoms with Gasteiger partial charge in [0.2, 0.25) is 0 Å². The van der Waals surface area contributed by atoms with E-state index in [4.69, 9.17) is 4.74 Å². The maximum atomic E-state index is 11.2. The molecule has 4 rings (SSSR count). The highest BCUT2D eigenvalue weighted by Gasteiger charge is 2.30. The third kappa shape index (κ3) is 5.28. The largest absolute Gasteiger partial charge is 0.490 e. The van der Waals surface area contributed by atoms with Gasteiger partial charge in [-0.05, 0) is 104 Å². The summed E-state index contributed by atoms with van der Waals surface area (Å²) in [5.41, 5.74) is 1.69. The number of rotatable bonds is 5. The average molecular weight is 438 g/mol. The second kappa shape index (κ2) is 9.43. The van der Waals surface area contributed by atoms with E-state index in [2.05, 4.69) is 69.0 Å². The standard InChI is InChI=1S/C28H39NO3/c1-19(29-15-13-20(14-16-29)27(30)31)21-5-6-23-18-26(10-7-22(23)17-21)32-25-11-8-24(9-12-25)28(2,3)4/h5-7,10,17-20,24-25H,8-9,11-16H2,1-4H3,(H,30,31). The number of aliphatic carboxylic acids is 1. The van der Waals surface area contributed by atoms with Gasteiger partial charge in [0.05, 0.1) is 12.0 Å². The number of likely N-dealkylation sites (tertiary alicyclic amines) is 1. The van der Waals surface area contributed by atoms with Crippen LogP contribution in [0.25, 0.3) is 10.8 Å². The molecule has 32 heavy (non-hydrogen) atoms. The molecule has 2 aromatic rings. The summed E-state index contributed by atoms with van der Waals surface area (Å²) in [6, 6.07) is 13.5. The van der Waals surface area contributed by atoms with Crippen LogP contribution in [-0.2, 0) is 4.79 Å². The minimum absolute atomic E-state index is 0.183. The normalized spacial score (nSPS) is 24.4. The molecule has 1 aliphatic heterocycles. The van der Waals surface area contributed by atoms with Crippen LogP contribution in [0.15, 0.2) is 36.4 Å². The van der Waals surface area contributed by atoms with Gasteiger partial charge in [0.15, 0.2) is 0 Å². The van der Waals surface area contributed by atoms with Crippen molar-refractivity contribution in [3.8, 4) is 5.75 Å². The van der Waals surface area contributed by atoms with E-state index in [1.807, 2.05) is 0 Å². The van der Waals surface area contributed by atoms with Crippen LogP contribution in [0.5, 0.6) is 5.75 Å². The SMILES string of the molecule is CC(c1ccc2cc(OC3CCC(C(C)(C)C)CC3)ccc2c1)N1CCC(C(=O)O)CC1. The molecule has 2 aromatic carbocycles. The highest BCUT2D eigenvalue weighted by Crippen LogP contribution is 2.39. The Morgan fingerprint density at radius 3 is 2.22 bits per heavy atom. The Hall–Kier alpha value is -2.07. The lowest BCUT2D eigenvalue weighted by Crippen LogP contribution is -2.37. The molecule has 1 N–H and O–H groups in total. The van der Waals surface area contributed by atoms with E-state index in [1.54, 1.807) is 0 Å². The van der Waals surface area contributed by atoms with Crippen molar-refractivity contribution in [2.45, 2.75) is 78.4 Å². The van der Waals surface area contributed by atoms with Gasteiger partial charge in [0.25, 0.3) is 0 Å². The van der Waals surface area contributed by atoms with E-state index in [0.29, 0.717) is 17.6 Å². The van der Waals surface area contributed by atoms with E-state index < -0.39 is 5.97 Å². The first-order chi connectivity index (χ1) is 15.2. The summed E-state index contributed by atoms with van der Waals surface area (Å²) in [4.78, 5) is 13.6. The molecular formula is C28H39NO3. The number of carboxylic acids is 1. The summed E-state index contributed by atoms with van der Waals surface area (Å²) in [5.74, 6) is 0.947. The van der Waals surface area contributed by atoms with E-state index in [-0.39, 0.29) is 5.92 Å². The van der Waals surface area contributed by atoms with E-state index in [0.717, 1.165) is 50.4 Å². The summed E-state index contributed by atoms with van der Waals surface area (Å²) < 4.78 is 6.37. The highest BCUT2D eigenvalue weighted by molar-refractivity contribution is 5.84. The number of nitrogens with zero attached hydrogens (tertiary/aromatic N) is 1. The smallest absolute Gasteiger partial charge is 0.306 e. The molecule has 4 heteroatoms. The first-order valence-corrected chi connectivity index (χ1v) is 12.4. The van der Waals surface area contributed by atoms with Crippen LogP contribution in [-0.4, -0.2) is 35.2 Å².